The van der Waals surface area contributed by atoms with Crippen molar-refractivity contribution in [3.8, 4) is 0 Å². The standard InChI is InChI=1S/C15H25N3S/c1-11-15(19-10-17-11)9-16-8-13-7-6-12-4-2-3-5-14(12)18-13/h10,12-14,16,18H,2-9H2,1H3. The Kier molecular flexibility index (Phi) is 4.51. The summed E-state index contributed by atoms with van der Waals surface area (Å²) in [5, 5.41) is 7.48. The summed E-state index contributed by atoms with van der Waals surface area (Å²) in [5.74, 6) is 0.966. The van der Waals surface area contributed by atoms with Crippen LogP contribution >= 0.6 is 11.3 Å². The average Bonchev–Trinajstić information content (AvgIpc) is 2.84. The highest BCUT2D eigenvalue weighted by Crippen LogP contribution is 2.32. The predicted octanol–water partition coefficient (Wildman–Crippen LogP) is 2.85. The smallest absolute Gasteiger partial charge is 0.0798 e. The molecule has 1 saturated carbocycles. The molecule has 0 radical (unpaired) electrons. The topological polar surface area (TPSA) is 37.0 Å². The number of nitrogens with one attached hydrogen (secondary N) is 2. The lowest BCUT2D eigenvalue weighted by atomic mass is 9.78. The molecule has 0 bridgehead atoms. The minimum atomic E-state index is 0.674. The van der Waals surface area contributed by atoms with Crippen LogP contribution in [0.2, 0.25) is 0 Å². The zero-order chi connectivity index (χ0) is 13.1. The van der Waals surface area contributed by atoms with Gasteiger partial charge in [-0.05, 0) is 38.5 Å². The van der Waals surface area contributed by atoms with Crippen molar-refractivity contribution >= 4 is 11.3 Å². The van der Waals surface area contributed by atoms with Crippen molar-refractivity contribution in [1.82, 2.24) is 15.6 Å². The quantitative estimate of drug-likeness (QED) is 0.890. The minimum Gasteiger partial charge on any atom is -0.310 e. The molecule has 0 amide bonds. The van der Waals surface area contributed by atoms with E-state index in [1.807, 2.05) is 5.51 Å². The summed E-state index contributed by atoms with van der Waals surface area (Å²) >= 11 is 1.76. The van der Waals surface area contributed by atoms with Gasteiger partial charge >= 0.3 is 0 Å². The van der Waals surface area contributed by atoms with E-state index in [-0.39, 0.29) is 0 Å². The Hall–Kier alpha value is -0.450. The van der Waals surface area contributed by atoms with E-state index in [4.69, 9.17) is 0 Å². The largest absolute Gasteiger partial charge is 0.310 e. The maximum absolute atomic E-state index is 4.30. The zero-order valence-corrected chi connectivity index (χ0v) is 12.6. The monoisotopic (exact) mass is 279 g/mol. The number of hydrogen-bond donors (Lipinski definition) is 2. The molecule has 3 nitrogen and oxygen atoms in total. The van der Waals surface area contributed by atoms with Crippen molar-refractivity contribution in [2.75, 3.05) is 6.54 Å². The third-order valence-electron chi connectivity index (χ3n) is 4.77. The fraction of sp³-hybridized carbons (Fsp3) is 0.800. The first kappa shape index (κ1) is 13.5. The summed E-state index contributed by atoms with van der Waals surface area (Å²) in [6, 6.07) is 1.48. The Morgan fingerprint density at radius 1 is 1.32 bits per heavy atom. The number of fused-ring (bicyclic) bond motifs is 1. The number of aryl methyl sites for hydroxylation is 1. The Balaban J connectivity index is 1.42. The molecule has 3 unspecified atom stereocenters. The minimum absolute atomic E-state index is 0.674. The lowest BCUT2D eigenvalue weighted by Crippen LogP contribution is -2.52. The van der Waals surface area contributed by atoms with Crippen LogP contribution in [0.25, 0.3) is 0 Å². The lowest BCUT2D eigenvalue weighted by Gasteiger charge is -2.40. The Morgan fingerprint density at radius 2 is 2.21 bits per heavy atom. The van der Waals surface area contributed by atoms with Gasteiger partial charge in [0.1, 0.15) is 0 Å². The molecule has 2 aliphatic rings. The summed E-state index contributed by atoms with van der Waals surface area (Å²) in [6.45, 7) is 4.17. The normalized spacial score (nSPS) is 31.1. The Morgan fingerprint density at radius 3 is 3.05 bits per heavy atom. The second-order valence-electron chi connectivity index (χ2n) is 6.08. The highest BCUT2D eigenvalue weighted by Gasteiger charge is 2.31. The molecule has 1 saturated heterocycles. The van der Waals surface area contributed by atoms with Crippen LogP contribution in [0.1, 0.15) is 49.1 Å². The predicted molar refractivity (Wildman–Crippen MR) is 80.5 cm³/mol. The van der Waals surface area contributed by atoms with Crippen molar-refractivity contribution in [3.05, 3.63) is 16.1 Å². The highest BCUT2D eigenvalue weighted by atomic mass is 32.1. The fourth-order valence-corrected chi connectivity index (χ4v) is 4.34. The summed E-state index contributed by atoms with van der Waals surface area (Å²) < 4.78 is 0. The highest BCUT2D eigenvalue weighted by molar-refractivity contribution is 7.09. The molecule has 0 spiro atoms. The van der Waals surface area contributed by atoms with Crippen molar-refractivity contribution in [3.63, 3.8) is 0 Å². The number of hydrogen-bond acceptors (Lipinski definition) is 4. The first-order valence-electron chi connectivity index (χ1n) is 7.68. The first-order chi connectivity index (χ1) is 9.33. The van der Waals surface area contributed by atoms with Gasteiger partial charge in [-0.15, -0.1) is 11.3 Å². The number of nitrogens with zero attached hydrogens (tertiary/aromatic N) is 1. The fourth-order valence-electron chi connectivity index (χ4n) is 3.59. The number of piperidine rings is 1. The van der Waals surface area contributed by atoms with Crippen LogP contribution in [0.4, 0.5) is 0 Å². The van der Waals surface area contributed by atoms with Gasteiger partial charge < -0.3 is 10.6 Å². The van der Waals surface area contributed by atoms with Gasteiger partial charge in [0, 0.05) is 30.1 Å². The second-order valence-corrected chi connectivity index (χ2v) is 7.02. The molecule has 0 aromatic carbocycles. The molecular weight excluding hydrogens is 254 g/mol. The molecule has 2 N–H and O–H groups in total. The summed E-state index contributed by atoms with van der Waals surface area (Å²) in [6.07, 6.45) is 8.51. The van der Waals surface area contributed by atoms with Crippen LogP contribution in [0.15, 0.2) is 5.51 Å². The second kappa shape index (κ2) is 6.33. The van der Waals surface area contributed by atoms with Crippen LogP contribution in [0, 0.1) is 12.8 Å². The number of aromatic nitrogens is 1. The van der Waals surface area contributed by atoms with Gasteiger partial charge in [-0.2, -0.15) is 0 Å². The van der Waals surface area contributed by atoms with Gasteiger partial charge in [-0.1, -0.05) is 12.8 Å². The first-order valence-corrected chi connectivity index (χ1v) is 8.56. The van der Waals surface area contributed by atoms with Crippen molar-refractivity contribution in [2.24, 2.45) is 5.92 Å². The van der Waals surface area contributed by atoms with Gasteiger partial charge in [-0.25, -0.2) is 4.98 Å². The SMILES string of the molecule is Cc1ncsc1CNCC1CCC2CCCCC2N1. The zero-order valence-electron chi connectivity index (χ0n) is 11.8. The Bertz CT molecular complexity index is 404. The molecule has 2 fully saturated rings. The van der Waals surface area contributed by atoms with Crippen LogP contribution < -0.4 is 10.6 Å². The third kappa shape index (κ3) is 3.36. The third-order valence-corrected chi connectivity index (χ3v) is 5.70. The van der Waals surface area contributed by atoms with E-state index in [9.17, 15) is 0 Å². The van der Waals surface area contributed by atoms with E-state index in [1.54, 1.807) is 11.3 Å². The summed E-state index contributed by atoms with van der Waals surface area (Å²) in [4.78, 5) is 5.68. The molecule has 1 aliphatic carbocycles. The lowest BCUT2D eigenvalue weighted by molar-refractivity contribution is 0.174. The Labute approximate surface area is 120 Å². The van der Waals surface area contributed by atoms with Crippen LogP contribution in [0.3, 0.4) is 0 Å². The number of thiazole rings is 1. The van der Waals surface area contributed by atoms with Gasteiger partial charge in [-0.3, -0.25) is 0 Å². The van der Waals surface area contributed by atoms with E-state index in [0.717, 1.165) is 25.0 Å². The summed E-state index contributed by atoms with van der Waals surface area (Å²) in [7, 11) is 0. The van der Waals surface area contributed by atoms with Gasteiger partial charge in [0.25, 0.3) is 0 Å². The molecule has 3 atom stereocenters. The van der Waals surface area contributed by atoms with Crippen molar-refractivity contribution in [2.45, 2.75) is 64.1 Å². The van der Waals surface area contributed by atoms with Crippen molar-refractivity contribution < 1.29 is 0 Å². The van der Waals surface area contributed by atoms with E-state index >= 15 is 0 Å². The molecule has 1 aromatic rings. The molecule has 106 valence electrons. The molecule has 19 heavy (non-hydrogen) atoms. The maximum Gasteiger partial charge on any atom is 0.0798 e. The van der Waals surface area contributed by atoms with Gasteiger partial charge in [0.05, 0.1) is 11.2 Å². The van der Waals surface area contributed by atoms with Gasteiger partial charge in [0.2, 0.25) is 0 Å². The van der Waals surface area contributed by atoms with E-state index in [2.05, 4.69) is 22.5 Å². The molecular formula is C15H25N3S. The van der Waals surface area contributed by atoms with Crippen LogP contribution in [-0.2, 0) is 6.54 Å². The molecule has 1 aliphatic heterocycles. The molecule has 2 heterocycles. The molecule has 1 aromatic heterocycles. The maximum atomic E-state index is 4.30. The van der Waals surface area contributed by atoms with E-state index < -0.39 is 0 Å². The number of rotatable bonds is 4. The van der Waals surface area contributed by atoms with Crippen LogP contribution in [-0.4, -0.2) is 23.6 Å². The molecule has 4 heteroatoms. The van der Waals surface area contributed by atoms with E-state index in [1.165, 1.54) is 49.1 Å². The van der Waals surface area contributed by atoms with Crippen molar-refractivity contribution in [1.29, 1.82) is 0 Å². The average molecular weight is 279 g/mol. The van der Waals surface area contributed by atoms with Gasteiger partial charge in [0.15, 0.2) is 0 Å². The summed E-state index contributed by atoms with van der Waals surface area (Å²) in [5.41, 5.74) is 3.12. The van der Waals surface area contributed by atoms with Crippen LogP contribution in [0.5, 0.6) is 0 Å². The van der Waals surface area contributed by atoms with E-state index in [0.29, 0.717) is 6.04 Å². The molecule has 3 rings (SSSR count).